The van der Waals surface area contributed by atoms with Crippen molar-refractivity contribution in [3.05, 3.63) is 46.5 Å². The van der Waals surface area contributed by atoms with Crippen molar-refractivity contribution in [3.63, 3.8) is 0 Å². The van der Waals surface area contributed by atoms with Crippen LogP contribution in [0.15, 0.2) is 39.8 Å². The summed E-state index contributed by atoms with van der Waals surface area (Å²) in [5.74, 6) is 0. The van der Waals surface area contributed by atoms with Crippen molar-refractivity contribution in [2.24, 2.45) is 0 Å². The predicted octanol–water partition coefficient (Wildman–Crippen LogP) is 3.23. The summed E-state index contributed by atoms with van der Waals surface area (Å²) in [6.07, 6.45) is 5.76. The average molecular weight is 221 g/mol. The highest BCUT2D eigenvalue weighted by atomic mass is 32.1. The Bertz CT molecular complexity index is 366. The summed E-state index contributed by atoms with van der Waals surface area (Å²) >= 11 is 1.76. The summed E-state index contributed by atoms with van der Waals surface area (Å²) in [6, 6.07) is 4.60. The van der Waals surface area contributed by atoms with Gasteiger partial charge >= 0.3 is 0 Å². The third kappa shape index (κ3) is 2.70. The van der Waals surface area contributed by atoms with Crippen molar-refractivity contribution in [2.45, 2.75) is 18.9 Å². The molecule has 2 nitrogen and oxygen atoms in total. The quantitative estimate of drug-likeness (QED) is 0.838. The molecule has 1 unspecified atom stereocenters. The molecule has 2 heterocycles. The predicted molar refractivity (Wildman–Crippen MR) is 63.1 cm³/mol. The SMILES string of the molecule is CNC(CCc1ccsc1)c1ccoc1. The molecule has 1 N–H and O–H groups in total. The number of hydrogen-bond donors (Lipinski definition) is 1. The number of furan rings is 1. The van der Waals surface area contributed by atoms with Gasteiger partial charge in [-0.25, -0.2) is 0 Å². The highest BCUT2D eigenvalue weighted by Gasteiger charge is 2.10. The molecule has 0 aliphatic carbocycles. The lowest BCUT2D eigenvalue weighted by molar-refractivity contribution is 0.524. The van der Waals surface area contributed by atoms with Crippen LogP contribution in [-0.2, 0) is 6.42 Å². The Labute approximate surface area is 93.9 Å². The summed E-state index contributed by atoms with van der Waals surface area (Å²) in [6.45, 7) is 0. The van der Waals surface area contributed by atoms with Gasteiger partial charge in [-0.15, -0.1) is 0 Å². The van der Waals surface area contributed by atoms with Crippen molar-refractivity contribution < 1.29 is 4.42 Å². The molecule has 15 heavy (non-hydrogen) atoms. The van der Waals surface area contributed by atoms with Gasteiger partial charge < -0.3 is 9.73 Å². The molecule has 0 bridgehead atoms. The third-order valence-electron chi connectivity index (χ3n) is 2.60. The smallest absolute Gasteiger partial charge is 0.0950 e. The Morgan fingerprint density at radius 1 is 1.47 bits per heavy atom. The van der Waals surface area contributed by atoms with Crippen LogP contribution >= 0.6 is 11.3 Å². The van der Waals surface area contributed by atoms with Gasteiger partial charge in [0.05, 0.1) is 12.5 Å². The van der Waals surface area contributed by atoms with Crippen molar-refractivity contribution in [1.29, 1.82) is 0 Å². The lowest BCUT2D eigenvalue weighted by atomic mass is 10.0. The minimum atomic E-state index is 0.392. The molecule has 3 heteroatoms. The molecular weight excluding hydrogens is 206 g/mol. The first-order chi connectivity index (χ1) is 7.40. The maximum Gasteiger partial charge on any atom is 0.0950 e. The molecule has 0 aliphatic rings. The van der Waals surface area contributed by atoms with Gasteiger partial charge in [0.1, 0.15) is 0 Å². The van der Waals surface area contributed by atoms with Gasteiger partial charge in [-0.1, -0.05) is 0 Å². The normalized spacial score (nSPS) is 12.9. The number of nitrogens with one attached hydrogen (secondary N) is 1. The number of thiophene rings is 1. The molecule has 2 aromatic heterocycles. The van der Waals surface area contributed by atoms with Gasteiger partial charge in [0.2, 0.25) is 0 Å². The number of aryl methyl sites for hydroxylation is 1. The first kappa shape index (κ1) is 10.5. The fourth-order valence-corrected chi connectivity index (χ4v) is 2.40. The molecule has 0 aromatic carbocycles. The van der Waals surface area contributed by atoms with E-state index in [1.165, 1.54) is 11.1 Å². The van der Waals surface area contributed by atoms with E-state index in [1.54, 1.807) is 17.6 Å². The molecule has 1 atom stereocenters. The second-order valence-corrected chi connectivity index (χ2v) is 4.35. The van der Waals surface area contributed by atoms with Gasteiger partial charge in [0.15, 0.2) is 0 Å². The van der Waals surface area contributed by atoms with Crippen molar-refractivity contribution in [1.82, 2.24) is 5.32 Å². The zero-order valence-corrected chi connectivity index (χ0v) is 9.59. The Morgan fingerprint density at radius 3 is 3.00 bits per heavy atom. The number of hydrogen-bond acceptors (Lipinski definition) is 3. The van der Waals surface area contributed by atoms with Crippen LogP contribution in [0.1, 0.15) is 23.6 Å². The average Bonchev–Trinajstić information content (AvgIpc) is 2.90. The Hall–Kier alpha value is -1.06. The monoisotopic (exact) mass is 221 g/mol. The van der Waals surface area contributed by atoms with Crippen LogP contribution in [-0.4, -0.2) is 7.05 Å². The molecule has 0 aliphatic heterocycles. The maximum atomic E-state index is 5.10. The molecule has 0 spiro atoms. The molecule has 80 valence electrons. The molecule has 0 fully saturated rings. The molecule has 0 saturated carbocycles. The zero-order valence-electron chi connectivity index (χ0n) is 8.77. The van der Waals surface area contributed by atoms with Gasteiger partial charge in [-0.05, 0) is 48.3 Å². The van der Waals surface area contributed by atoms with E-state index in [0.29, 0.717) is 6.04 Å². The maximum absolute atomic E-state index is 5.10. The first-order valence-corrected chi connectivity index (χ1v) is 6.05. The van der Waals surface area contributed by atoms with Gasteiger partial charge in [-0.3, -0.25) is 0 Å². The Morgan fingerprint density at radius 2 is 2.40 bits per heavy atom. The molecule has 0 saturated heterocycles. The highest BCUT2D eigenvalue weighted by molar-refractivity contribution is 7.07. The summed E-state index contributed by atoms with van der Waals surface area (Å²) < 4.78 is 5.10. The van der Waals surface area contributed by atoms with Gasteiger partial charge in [0, 0.05) is 11.6 Å². The minimum Gasteiger partial charge on any atom is -0.472 e. The van der Waals surface area contributed by atoms with E-state index in [1.807, 2.05) is 19.4 Å². The Balaban J connectivity index is 1.92. The molecule has 2 aromatic rings. The lowest BCUT2D eigenvalue weighted by Gasteiger charge is -2.13. The molecule has 2 rings (SSSR count). The number of rotatable bonds is 5. The van der Waals surface area contributed by atoms with Crippen LogP contribution < -0.4 is 5.32 Å². The van der Waals surface area contributed by atoms with Crippen LogP contribution in [0.2, 0.25) is 0 Å². The fraction of sp³-hybridized carbons (Fsp3) is 0.333. The van der Waals surface area contributed by atoms with Crippen LogP contribution in [0.3, 0.4) is 0 Å². The summed E-state index contributed by atoms with van der Waals surface area (Å²) in [5, 5.41) is 7.65. The summed E-state index contributed by atoms with van der Waals surface area (Å²) in [5.41, 5.74) is 2.65. The largest absolute Gasteiger partial charge is 0.472 e. The van der Waals surface area contributed by atoms with Crippen LogP contribution in [0.4, 0.5) is 0 Å². The van der Waals surface area contributed by atoms with Crippen LogP contribution in [0.25, 0.3) is 0 Å². The molecule has 0 amide bonds. The summed E-state index contributed by atoms with van der Waals surface area (Å²) in [7, 11) is 1.99. The van der Waals surface area contributed by atoms with Crippen LogP contribution in [0, 0.1) is 0 Å². The fourth-order valence-electron chi connectivity index (χ4n) is 1.70. The zero-order chi connectivity index (χ0) is 10.5. The van der Waals surface area contributed by atoms with E-state index in [4.69, 9.17) is 4.42 Å². The standard InChI is InChI=1S/C12H15NOS/c1-13-12(11-4-6-14-8-11)3-2-10-5-7-15-9-10/h4-9,12-13H,2-3H2,1H3. The van der Waals surface area contributed by atoms with Crippen molar-refractivity contribution >= 4 is 11.3 Å². The van der Waals surface area contributed by atoms with Crippen LogP contribution in [0.5, 0.6) is 0 Å². The molecule has 0 radical (unpaired) electrons. The first-order valence-electron chi connectivity index (χ1n) is 5.10. The molecular formula is C12H15NOS. The van der Waals surface area contributed by atoms with E-state index < -0.39 is 0 Å². The van der Waals surface area contributed by atoms with E-state index in [2.05, 4.69) is 22.1 Å². The summed E-state index contributed by atoms with van der Waals surface area (Å²) in [4.78, 5) is 0. The minimum absolute atomic E-state index is 0.392. The Kier molecular flexibility index (Phi) is 3.59. The van der Waals surface area contributed by atoms with Crippen molar-refractivity contribution in [2.75, 3.05) is 7.05 Å². The highest BCUT2D eigenvalue weighted by Crippen LogP contribution is 2.20. The van der Waals surface area contributed by atoms with E-state index >= 15 is 0 Å². The van der Waals surface area contributed by atoms with E-state index in [9.17, 15) is 0 Å². The van der Waals surface area contributed by atoms with Gasteiger partial charge in [-0.2, -0.15) is 11.3 Å². The van der Waals surface area contributed by atoms with E-state index in [0.717, 1.165) is 12.8 Å². The van der Waals surface area contributed by atoms with E-state index in [-0.39, 0.29) is 0 Å². The topological polar surface area (TPSA) is 25.2 Å². The van der Waals surface area contributed by atoms with Crippen molar-refractivity contribution in [3.8, 4) is 0 Å². The third-order valence-corrected chi connectivity index (χ3v) is 3.33. The second kappa shape index (κ2) is 5.14. The second-order valence-electron chi connectivity index (χ2n) is 3.57. The lowest BCUT2D eigenvalue weighted by Crippen LogP contribution is -2.16. The van der Waals surface area contributed by atoms with Gasteiger partial charge in [0.25, 0.3) is 0 Å².